The number of rotatable bonds is 7. The number of nitriles is 1. The Labute approximate surface area is 179 Å². The lowest BCUT2D eigenvalue weighted by atomic mass is 10.2. The van der Waals surface area contributed by atoms with Gasteiger partial charge in [-0.1, -0.05) is 11.6 Å². The number of nitrogens with zero attached hydrogens (tertiary/aromatic N) is 2. The summed E-state index contributed by atoms with van der Waals surface area (Å²) in [5, 5.41) is 8.86. The summed E-state index contributed by atoms with van der Waals surface area (Å²) < 4.78 is 42.6. The largest absolute Gasteiger partial charge is 0.490 e. The van der Waals surface area contributed by atoms with E-state index in [0.29, 0.717) is 24.5 Å². The average molecular weight is 451 g/mol. The maximum atomic E-state index is 12.8. The molecule has 0 unspecified atom stereocenters. The van der Waals surface area contributed by atoms with E-state index in [1.807, 2.05) is 6.07 Å². The van der Waals surface area contributed by atoms with Crippen LogP contribution in [0.3, 0.4) is 0 Å². The second-order valence-corrected chi connectivity index (χ2v) is 8.62. The highest BCUT2D eigenvalue weighted by molar-refractivity contribution is 7.89. The fourth-order valence-corrected chi connectivity index (χ4v) is 4.38. The van der Waals surface area contributed by atoms with Gasteiger partial charge in [-0.05, 0) is 42.5 Å². The Morgan fingerprint density at radius 3 is 2.50 bits per heavy atom. The van der Waals surface area contributed by atoms with Gasteiger partial charge in [0, 0.05) is 13.1 Å². The number of hydrogen-bond donors (Lipinski definition) is 0. The summed E-state index contributed by atoms with van der Waals surface area (Å²) >= 11 is 6.08. The van der Waals surface area contributed by atoms with Crippen LogP contribution in [0.2, 0.25) is 5.02 Å². The topological polar surface area (TPSA) is 106 Å². The number of halogens is 1. The fourth-order valence-electron chi connectivity index (χ4n) is 2.75. The third-order valence-electron chi connectivity index (χ3n) is 4.33. The van der Waals surface area contributed by atoms with E-state index < -0.39 is 16.0 Å². The Morgan fingerprint density at radius 1 is 1.13 bits per heavy atom. The molecule has 0 saturated carbocycles. The standard InChI is InChI=1S/C20H19ClN2O6S/c21-19-6-5-17(30(25,26)23-7-9-27-10-8-23)13-18(19)20(24)29-12-11-28-16-3-1-15(14-22)2-4-16/h1-6,13H,7-12H2. The zero-order chi connectivity index (χ0) is 21.6. The van der Waals surface area contributed by atoms with E-state index in [1.165, 1.54) is 22.5 Å². The molecule has 0 radical (unpaired) electrons. The van der Waals surface area contributed by atoms with Crippen molar-refractivity contribution in [1.82, 2.24) is 4.31 Å². The molecule has 8 nitrogen and oxygen atoms in total. The first kappa shape index (κ1) is 22.1. The summed E-state index contributed by atoms with van der Waals surface area (Å²) in [7, 11) is -3.76. The summed E-state index contributed by atoms with van der Waals surface area (Å²) in [5.41, 5.74) is 0.472. The molecular formula is C20H19ClN2O6S. The molecule has 1 heterocycles. The first-order valence-corrected chi connectivity index (χ1v) is 10.9. The number of carbonyl (C=O) groups is 1. The summed E-state index contributed by atoms with van der Waals surface area (Å²) in [6.45, 7) is 1.16. The van der Waals surface area contributed by atoms with Gasteiger partial charge >= 0.3 is 5.97 Å². The van der Waals surface area contributed by atoms with Crippen molar-refractivity contribution in [3.8, 4) is 11.8 Å². The molecule has 1 fully saturated rings. The van der Waals surface area contributed by atoms with E-state index in [9.17, 15) is 13.2 Å². The van der Waals surface area contributed by atoms with E-state index in [0.717, 1.165) is 0 Å². The number of benzene rings is 2. The molecule has 1 aliphatic heterocycles. The van der Waals surface area contributed by atoms with Crippen LogP contribution in [0.1, 0.15) is 15.9 Å². The predicted octanol–water partition coefficient (Wildman–Crippen LogP) is 2.47. The van der Waals surface area contributed by atoms with Crippen molar-refractivity contribution in [3.63, 3.8) is 0 Å². The minimum Gasteiger partial charge on any atom is -0.490 e. The Balaban J connectivity index is 1.61. The second kappa shape index (κ2) is 9.91. The van der Waals surface area contributed by atoms with Gasteiger partial charge in [0.05, 0.1) is 40.3 Å². The fraction of sp³-hybridized carbons (Fsp3) is 0.300. The Kier molecular flexibility index (Phi) is 7.29. The molecule has 0 aliphatic carbocycles. The molecule has 0 atom stereocenters. The van der Waals surface area contributed by atoms with Gasteiger partial charge in [-0.2, -0.15) is 9.57 Å². The zero-order valence-corrected chi connectivity index (χ0v) is 17.5. The van der Waals surface area contributed by atoms with Crippen LogP contribution < -0.4 is 4.74 Å². The van der Waals surface area contributed by atoms with E-state index in [2.05, 4.69) is 0 Å². The van der Waals surface area contributed by atoms with Crippen molar-refractivity contribution in [1.29, 1.82) is 5.26 Å². The summed E-state index contributed by atoms with van der Waals surface area (Å²) in [6, 6.07) is 12.4. The second-order valence-electron chi connectivity index (χ2n) is 6.28. The minimum absolute atomic E-state index is 0.0328. The summed E-state index contributed by atoms with van der Waals surface area (Å²) in [6.07, 6.45) is 0. The SMILES string of the molecule is N#Cc1ccc(OCCOC(=O)c2cc(S(=O)(=O)N3CCOCC3)ccc2Cl)cc1. The number of esters is 1. The number of carbonyl (C=O) groups excluding carboxylic acids is 1. The van der Waals surface area contributed by atoms with Gasteiger partial charge in [0.2, 0.25) is 10.0 Å². The van der Waals surface area contributed by atoms with Crippen LogP contribution in [0.4, 0.5) is 0 Å². The van der Waals surface area contributed by atoms with Crippen LogP contribution in [-0.2, 0) is 19.5 Å². The highest BCUT2D eigenvalue weighted by Crippen LogP contribution is 2.24. The first-order valence-electron chi connectivity index (χ1n) is 9.09. The Bertz CT molecular complexity index is 1040. The highest BCUT2D eigenvalue weighted by Gasteiger charge is 2.27. The van der Waals surface area contributed by atoms with Crippen molar-refractivity contribution in [2.75, 3.05) is 39.5 Å². The van der Waals surface area contributed by atoms with Gasteiger partial charge in [-0.3, -0.25) is 0 Å². The number of sulfonamides is 1. The van der Waals surface area contributed by atoms with Crippen LogP contribution >= 0.6 is 11.6 Å². The third-order valence-corrected chi connectivity index (χ3v) is 6.56. The number of morpholine rings is 1. The van der Waals surface area contributed by atoms with Crippen molar-refractivity contribution in [2.45, 2.75) is 4.90 Å². The molecule has 0 aromatic heterocycles. The van der Waals surface area contributed by atoms with Crippen LogP contribution in [-0.4, -0.2) is 58.2 Å². The molecule has 1 aliphatic rings. The minimum atomic E-state index is -3.76. The van der Waals surface area contributed by atoms with Crippen LogP contribution in [0.5, 0.6) is 5.75 Å². The van der Waals surface area contributed by atoms with E-state index >= 15 is 0 Å². The molecular weight excluding hydrogens is 432 g/mol. The molecule has 3 rings (SSSR count). The lowest BCUT2D eigenvalue weighted by molar-refractivity contribution is 0.0450. The monoisotopic (exact) mass is 450 g/mol. The van der Waals surface area contributed by atoms with Crippen molar-refractivity contribution in [2.24, 2.45) is 0 Å². The van der Waals surface area contributed by atoms with Crippen LogP contribution in [0.25, 0.3) is 0 Å². The molecule has 2 aromatic rings. The third kappa shape index (κ3) is 5.29. The predicted molar refractivity (Wildman–Crippen MR) is 108 cm³/mol. The van der Waals surface area contributed by atoms with Gasteiger partial charge in [-0.25, -0.2) is 13.2 Å². The molecule has 2 aromatic carbocycles. The van der Waals surface area contributed by atoms with Crippen LogP contribution in [0, 0.1) is 11.3 Å². The van der Waals surface area contributed by atoms with Gasteiger partial charge in [0.1, 0.15) is 19.0 Å². The maximum absolute atomic E-state index is 12.8. The quantitative estimate of drug-likeness (QED) is 0.471. The Morgan fingerprint density at radius 2 is 1.83 bits per heavy atom. The van der Waals surface area contributed by atoms with Gasteiger partial charge in [-0.15, -0.1) is 0 Å². The van der Waals surface area contributed by atoms with Crippen molar-refractivity contribution >= 4 is 27.6 Å². The molecule has 30 heavy (non-hydrogen) atoms. The molecule has 10 heteroatoms. The van der Waals surface area contributed by atoms with Gasteiger partial charge < -0.3 is 14.2 Å². The summed E-state index contributed by atoms with van der Waals surface area (Å²) in [4.78, 5) is 12.4. The number of hydrogen-bond acceptors (Lipinski definition) is 7. The van der Waals surface area contributed by atoms with E-state index in [-0.39, 0.29) is 41.8 Å². The molecule has 0 amide bonds. The summed E-state index contributed by atoms with van der Waals surface area (Å²) in [5.74, 6) is -0.218. The smallest absolute Gasteiger partial charge is 0.339 e. The molecule has 158 valence electrons. The normalized spacial score (nSPS) is 14.7. The highest BCUT2D eigenvalue weighted by atomic mass is 35.5. The van der Waals surface area contributed by atoms with Crippen molar-refractivity contribution in [3.05, 3.63) is 58.6 Å². The Hall–Kier alpha value is -2.64. The van der Waals surface area contributed by atoms with E-state index in [1.54, 1.807) is 24.3 Å². The molecule has 0 bridgehead atoms. The van der Waals surface area contributed by atoms with E-state index in [4.69, 9.17) is 31.1 Å². The maximum Gasteiger partial charge on any atom is 0.339 e. The lowest BCUT2D eigenvalue weighted by Gasteiger charge is -2.26. The molecule has 0 N–H and O–H groups in total. The first-order chi connectivity index (χ1) is 14.4. The van der Waals surface area contributed by atoms with Crippen molar-refractivity contribution < 1.29 is 27.4 Å². The van der Waals surface area contributed by atoms with Crippen LogP contribution in [0.15, 0.2) is 47.4 Å². The van der Waals surface area contributed by atoms with Gasteiger partial charge in [0.25, 0.3) is 0 Å². The molecule has 0 spiro atoms. The van der Waals surface area contributed by atoms with Gasteiger partial charge in [0.15, 0.2) is 0 Å². The average Bonchev–Trinajstić information content (AvgIpc) is 2.77. The molecule has 1 saturated heterocycles. The lowest BCUT2D eigenvalue weighted by Crippen LogP contribution is -2.40. The number of ether oxygens (including phenoxy) is 3. The zero-order valence-electron chi connectivity index (χ0n) is 15.9.